The highest BCUT2D eigenvalue weighted by atomic mass is 19.1. The van der Waals surface area contributed by atoms with E-state index < -0.39 is 0 Å². The minimum Gasteiger partial charge on any atom is -0.341 e. The fraction of sp³-hybridized carbons (Fsp3) is 0.391. The van der Waals surface area contributed by atoms with Crippen molar-refractivity contribution in [3.8, 4) is 11.4 Å². The third-order valence-corrected chi connectivity index (χ3v) is 4.97. The van der Waals surface area contributed by atoms with Crippen molar-refractivity contribution < 1.29 is 9.18 Å². The minimum atomic E-state index is -0.284. The SMILES string of the molecule is CCCCN(CCCC)C(=O)Cn1c(-c2ccc(F)cc2)nc2ccccc21. The van der Waals surface area contributed by atoms with E-state index in [9.17, 15) is 9.18 Å². The van der Waals surface area contributed by atoms with Gasteiger partial charge >= 0.3 is 0 Å². The number of amides is 1. The number of unbranched alkanes of at least 4 members (excludes halogenated alkanes) is 2. The zero-order valence-corrected chi connectivity index (χ0v) is 16.7. The van der Waals surface area contributed by atoms with E-state index in [4.69, 9.17) is 4.98 Å². The van der Waals surface area contributed by atoms with Gasteiger partial charge in [0.15, 0.2) is 0 Å². The lowest BCUT2D eigenvalue weighted by Gasteiger charge is -2.23. The van der Waals surface area contributed by atoms with Gasteiger partial charge in [0.1, 0.15) is 18.2 Å². The lowest BCUT2D eigenvalue weighted by molar-refractivity contribution is -0.131. The number of nitrogens with zero attached hydrogens (tertiary/aromatic N) is 3. The number of rotatable bonds is 9. The lowest BCUT2D eigenvalue weighted by atomic mass is 10.2. The number of aromatic nitrogens is 2. The largest absolute Gasteiger partial charge is 0.341 e. The summed E-state index contributed by atoms with van der Waals surface area (Å²) in [6.45, 7) is 6.08. The Balaban J connectivity index is 1.95. The molecule has 0 saturated carbocycles. The fourth-order valence-electron chi connectivity index (χ4n) is 3.35. The normalized spacial score (nSPS) is 11.1. The molecule has 0 N–H and O–H groups in total. The summed E-state index contributed by atoms with van der Waals surface area (Å²) in [4.78, 5) is 19.8. The van der Waals surface area contributed by atoms with Crippen molar-refractivity contribution in [3.63, 3.8) is 0 Å². The van der Waals surface area contributed by atoms with E-state index in [0.29, 0.717) is 5.82 Å². The molecule has 3 aromatic rings. The summed E-state index contributed by atoms with van der Waals surface area (Å²) in [7, 11) is 0. The topological polar surface area (TPSA) is 38.1 Å². The Morgan fingerprint density at radius 1 is 1.00 bits per heavy atom. The summed E-state index contributed by atoms with van der Waals surface area (Å²) in [6.07, 6.45) is 4.13. The average Bonchev–Trinajstić information content (AvgIpc) is 3.07. The van der Waals surface area contributed by atoms with E-state index in [1.165, 1.54) is 12.1 Å². The summed E-state index contributed by atoms with van der Waals surface area (Å²) in [5, 5.41) is 0. The number of fused-ring (bicyclic) bond motifs is 1. The van der Waals surface area contributed by atoms with Crippen molar-refractivity contribution in [3.05, 3.63) is 54.3 Å². The van der Waals surface area contributed by atoms with Gasteiger partial charge in [-0.2, -0.15) is 0 Å². The molecule has 1 heterocycles. The number of carbonyl (C=O) groups excluding carboxylic acids is 1. The molecule has 148 valence electrons. The van der Waals surface area contributed by atoms with Crippen LogP contribution in [0.2, 0.25) is 0 Å². The van der Waals surface area contributed by atoms with Gasteiger partial charge in [0.2, 0.25) is 5.91 Å². The Hall–Kier alpha value is -2.69. The maximum atomic E-state index is 13.4. The molecule has 3 rings (SSSR count). The first kappa shape index (κ1) is 20.1. The van der Waals surface area contributed by atoms with Crippen LogP contribution in [0.25, 0.3) is 22.4 Å². The van der Waals surface area contributed by atoms with Gasteiger partial charge in [0.25, 0.3) is 0 Å². The van der Waals surface area contributed by atoms with Crippen LogP contribution in [0.4, 0.5) is 4.39 Å². The Morgan fingerprint density at radius 2 is 1.64 bits per heavy atom. The highest BCUT2D eigenvalue weighted by Crippen LogP contribution is 2.25. The van der Waals surface area contributed by atoms with Crippen LogP contribution in [-0.2, 0) is 11.3 Å². The molecule has 0 aliphatic carbocycles. The predicted molar refractivity (Wildman–Crippen MR) is 112 cm³/mol. The van der Waals surface area contributed by atoms with Gasteiger partial charge in [0, 0.05) is 18.7 Å². The summed E-state index contributed by atoms with van der Waals surface area (Å²) in [5.41, 5.74) is 2.56. The van der Waals surface area contributed by atoms with Crippen molar-refractivity contribution >= 4 is 16.9 Å². The Kier molecular flexibility index (Phi) is 6.80. The standard InChI is InChI=1S/C23H28FN3O/c1-3-5-15-26(16-6-4-2)22(28)17-27-21-10-8-7-9-20(21)25-23(27)18-11-13-19(24)14-12-18/h7-14H,3-6,15-17H2,1-2H3. The number of carbonyl (C=O) groups is 1. The first-order chi connectivity index (χ1) is 13.6. The van der Waals surface area contributed by atoms with Crippen LogP contribution in [0.5, 0.6) is 0 Å². The number of hydrogen-bond acceptors (Lipinski definition) is 2. The molecule has 4 nitrogen and oxygen atoms in total. The highest BCUT2D eigenvalue weighted by Gasteiger charge is 2.18. The van der Waals surface area contributed by atoms with Crippen molar-refractivity contribution in [1.29, 1.82) is 0 Å². The molecular weight excluding hydrogens is 353 g/mol. The quantitative estimate of drug-likeness (QED) is 0.506. The van der Waals surface area contributed by atoms with Crippen molar-refractivity contribution in [2.24, 2.45) is 0 Å². The number of benzene rings is 2. The number of hydrogen-bond donors (Lipinski definition) is 0. The van der Waals surface area contributed by atoms with Crippen LogP contribution in [0.3, 0.4) is 0 Å². The Morgan fingerprint density at radius 3 is 2.29 bits per heavy atom. The van der Waals surface area contributed by atoms with Gasteiger partial charge in [-0.05, 0) is 49.2 Å². The summed E-state index contributed by atoms with van der Waals surface area (Å²) >= 11 is 0. The molecular formula is C23H28FN3O. The van der Waals surface area contributed by atoms with E-state index in [0.717, 1.165) is 55.4 Å². The molecule has 28 heavy (non-hydrogen) atoms. The maximum absolute atomic E-state index is 13.4. The van der Waals surface area contributed by atoms with Crippen LogP contribution in [0, 0.1) is 5.82 Å². The molecule has 0 spiro atoms. The number of para-hydroxylation sites is 2. The summed E-state index contributed by atoms with van der Waals surface area (Å²) in [6, 6.07) is 14.1. The van der Waals surface area contributed by atoms with Crippen LogP contribution < -0.4 is 0 Å². The summed E-state index contributed by atoms with van der Waals surface area (Å²) in [5.74, 6) is 0.515. The first-order valence-electron chi connectivity index (χ1n) is 10.1. The Bertz CT molecular complexity index is 909. The number of halogens is 1. The molecule has 0 saturated heterocycles. The van der Waals surface area contributed by atoms with E-state index in [-0.39, 0.29) is 18.3 Å². The van der Waals surface area contributed by atoms with Gasteiger partial charge < -0.3 is 9.47 Å². The van der Waals surface area contributed by atoms with Gasteiger partial charge in [-0.15, -0.1) is 0 Å². The molecule has 1 aromatic heterocycles. The van der Waals surface area contributed by atoms with Gasteiger partial charge in [-0.3, -0.25) is 4.79 Å². The Labute approximate surface area is 166 Å². The van der Waals surface area contributed by atoms with Gasteiger partial charge in [-0.1, -0.05) is 38.8 Å². The van der Waals surface area contributed by atoms with Crippen molar-refractivity contribution in [2.75, 3.05) is 13.1 Å². The monoisotopic (exact) mass is 381 g/mol. The zero-order chi connectivity index (χ0) is 19.9. The van der Waals surface area contributed by atoms with E-state index in [1.807, 2.05) is 33.7 Å². The second kappa shape index (κ2) is 9.49. The van der Waals surface area contributed by atoms with Crippen LogP contribution >= 0.6 is 0 Å². The average molecular weight is 381 g/mol. The molecule has 0 atom stereocenters. The van der Waals surface area contributed by atoms with Gasteiger partial charge in [0.05, 0.1) is 11.0 Å². The van der Waals surface area contributed by atoms with Crippen LogP contribution in [-0.4, -0.2) is 33.4 Å². The minimum absolute atomic E-state index is 0.105. The highest BCUT2D eigenvalue weighted by molar-refractivity contribution is 5.84. The van der Waals surface area contributed by atoms with E-state index >= 15 is 0 Å². The molecule has 1 amide bonds. The molecule has 0 aliphatic rings. The zero-order valence-electron chi connectivity index (χ0n) is 16.7. The third-order valence-electron chi connectivity index (χ3n) is 4.97. The second-order valence-corrected chi connectivity index (χ2v) is 7.11. The molecule has 0 aliphatic heterocycles. The molecule has 0 fully saturated rings. The van der Waals surface area contributed by atoms with Crippen molar-refractivity contribution in [1.82, 2.24) is 14.5 Å². The van der Waals surface area contributed by atoms with E-state index in [2.05, 4.69) is 13.8 Å². The van der Waals surface area contributed by atoms with E-state index in [1.54, 1.807) is 12.1 Å². The molecule has 0 unspecified atom stereocenters. The maximum Gasteiger partial charge on any atom is 0.242 e. The molecule has 0 radical (unpaired) electrons. The predicted octanol–water partition coefficient (Wildman–Crippen LogP) is 5.27. The summed E-state index contributed by atoms with van der Waals surface area (Å²) < 4.78 is 15.3. The van der Waals surface area contributed by atoms with Crippen molar-refractivity contribution in [2.45, 2.75) is 46.1 Å². The lowest BCUT2D eigenvalue weighted by Crippen LogP contribution is -2.35. The molecule has 5 heteroatoms. The van der Waals surface area contributed by atoms with Crippen LogP contribution in [0.15, 0.2) is 48.5 Å². The van der Waals surface area contributed by atoms with Crippen LogP contribution in [0.1, 0.15) is 39.5 Å². The number of imidazole rings is 1. The smallest absolute Gasteiger partial charge is 0.242 e. The third kappa shape index (κ3) is 4.58. The fourth-order valence-corrected chi connectivity index (χ4v) is 3.35. The second-order valence-electron chi connectivity index (χ2n) is 7.11. The van der Waals surface area contributed by atoms with Gasteiger partial charge in [-0.25, -0.2) is 9.37 Å². The molecule has 0 bridgehead atoms. The molecule has 2 aromatic carbocycles. The first-order valence-corrected chi connectivity index (χ1v) is 10.1.